The number of allylic oxidation sites excluding steroid dienone is 2. The summed E-state index contributed by atoms with van der Waals surface area (Å²) in [5.41, 5.74) is 0.912. The highest BCUT2D eigenvalue weighted by Crippen LogP contribution is 2.75. The first kappa shape index (κ1) is 34.9. The number of hydrogen-bond acceptors (Lipinski definition) is 6. The highest BCUT2D eigenvalue weighted by Gasteiger charge is 2.70. The first-order valence-corrected chi connectivity index (χ1v) is 18.3. The molecular weight excluding hydrogens is 602 g/mol. The highest BCUT2D eigenvalue weighted by atomic mass is 16.5. The van der Waals surface area contributed by atoms with E-state index in [4.69, 9.17) is 9.47 Å². The van der Waals surface area contributed by atoms with Gasteiger partial charge in [-0.15, -0.1) is 0 Å². The average molecular weight is 660 g/mol. The van der Waals surface area contributed by atoms with Gasteiger partial charge in [-0.3, -0.25) is 19.2 Å². The molecule has 0 aromatic heterocycles. The molecule has 1 aromatic rings. The van der Waals surface area contributed by atoms with Gasteiger partial charge in [0.1, 0.15) is 13.0 Å². The van der Waals surface area contributed by atoms with Gasteiger partial charge in [-0.2, -0.15) is 0 Å². The van der Waals surface area contributed by atoms with E-state index in [1.807, 2.05) is 30.3 Å². The van der Waals surface area contributed by atoms with E-state index in [1.54, 1.807) is 0 Å². The molecule has 9 atom stereocenters. The Hall–Kier alpha value is -2.96. The number of ketones is 1. The lowest BCUT2D eigenvalue weighted by atomic mass is 9.33. The predicted molar refractivity (Wildman–Crippen MR) is 184 cm³/mol. The van der Waals surface area contributed by atoms with Crippen LogP contribution in [-0.4, -0.2) is 36.8 Å². The molecule has 0 heterocycles. The van der Waals surface area contributed by atoms with Crippen LogP contribution in [0.25, 0.3) is 0 Å². The molecular formula is C41H57NO6. The van der Waals surface area contributed by atoms with E-state index in [-0.39, 0.29) is 81.6 Å². The van der Waals surface area contributed by atoms with Crippen LogP contribution in [0.15, 0.2) is 42.0 Å². The quantitative estimate of drug-likeness (QED) is 0.248. The SMILES string of the molecule is COC(=O)CC(=O)NC1CC[C@]2(C)[C@H]3C(=O)C=C4[C@@H]5C[C@@](C)(C(=O)OCc6ccccc6)CC[C@]5(C)CC[C@@]4(C)[C@]3(C)CC[C@H]2C1(C)C. The van der Waals surface area contributed by atoms with E-state index in [0.717, 1.165) is 56.9 Å². The lowest BCUT2D eigenvalue weighted by Crippen LogP contribution is -2.67. The summed E-state index contributed by atoms with van der Waals surface area (Å²) in [5.74, 6) is -0.417. The van der Waals surface area contributed by atoms with Crippen molar-refractivity contribution in [1.29, 1.82) is 0 Å². The molecule has 48 heavy (non-hydrogen) atoms. The number of fused-ring (bicyclic) bond motifs is 7. The topological polar surface area (TPSA) is 98.8 Å². The summed E-state index contributed by atoms with van der Waals surface area (Å²) in [5, 5.41) is 3.17. The number of esters is 2. The van der Waals surface area contributed by atoms with Crippen molar-refractivity contribution in [2.45, 2.75) is 125 Å². The molecule has 0 saturated heterocycles. The molecule has 4 saturated carbocycles. The molecule has 0 spiro atoms. The summed E-state index contributed by atoms with van der Waals surface area (Å²) in [6.45, 7) is 16.4. The molecule has 262 valence electrons. The Balaban J connectivity index is 1.28. The maximum Gasteiger partial charge on any atom is 0.315 e. The lowest BCUT2D eigenvalue weighted by Gasteiger charge is -2.70. The fraction of sp³-hybridized carbons (Fsp3) is 0.707. The molecule has 1 unspecified atom stereocenters. The van der Waals surface area contributed by atoms with E-state index in [9.17, 15) is 19.2 Å². The molecule has 1 N–H and O–H groups in total. The van der Waals surface area contributed by atoms with Crippen molar-refractivity contribution in [3.8, 4) is 0 Å². The molecule has 7 nitrogen and oxygen atoms in total. The fourth-order valence-electron chi connectivity index (χ4n) is 12.0. The predicted octanol–water partition coefficient (Wildman–Crippen LogP) is 7.76. The number of nitrogens with one attached hydrogen (secondary N) is 1. The van der Waals surface area contributed by atoms with Gasteiger partial charge in [-0.1, -0.05) is 77.4 Å². The van der Waals surface area contributed by atoms with Gasteiger partial charge in [0.2, 0.25) is 5.91 Å². The second kappa shape index (κ2) is 11.8. The maximum atomic E-state index is 14.8. The smallest absolute Gasteiger partial charge is 0.315 e. The Morgan fingerprint density at radius 3 is 2.25 bits per heavy atom. The number of benzene rings is 1. The van der Waals surface area contributed by atoms with Crippen LogP contribution in [0.3, 0.4) is 0 Å². The van der Waals surface area contributed by atoms with Crippen molar-refractivity contribution in [2.75, 3.05) is 7.11 Å². The van der Waals surface area contributed by atoms with Crippen molar-refractivity contribution >= 4 is 23.6 Å². The van der Waals surface area contributed by atoms with Crippen molar-refractivity contribution in [1.82, 2.24) is 5.32 Å². The minimum absolute atomic E-state index is 0.0532. The Labute approximate surface area is 287 Å². The fourth-order valence-corrected chi connectivity index (χ4v) is 12.0. The van der Waals surface area contributed by atoms with Gasteiger partial charge >= 0.3 is 11.9 Å². The second-order valence-electron chi connectivity index (χ2n) is 18.0. The number of ether oxygens (including phenoxy) is 2. The van der Waals surface area contributed by atoms with Crippen LogP contribution in [0, 0.1) is 50.2 Å². The Kier molecular flexibility index (Phi) is 8.60. The molecule has 5 aliphatic rings. The van der Waals surface area contributed by atoms with Gasteiger partial charge in [0, 0.05) is 12.0 Å². The largest absolute Gasteiger partial charge is 0.469 e. The van der Waals surface area contributed by atoms with Crippen LogP contribution < -0.4 is 5.32 Å². The second-order valence-corrected chi connectivity index (χ2v) is 18.0. The van der Waals surface area contributed by atoms with Crippen LogP contribution in [0.4, 0.5) is 0 Å². The minimum atomic E-state index is -0.594. The maximum absolute atomic E-state index is 14.8. The van der Waals surface area contributed by atoms with Gasteiger partial charge in [0.25, 0.3) is 0 Å². The Morgan fingerprint density at radius 2 is 1.56 bits per heavy atom. The molecule has 1 aromatic carbocycles. The van der Waals surface area contributed by atoms with Crippen LogP contribution in [0.1, 0.15) is 118 Å². The van der Waals surface area contributed by atoms with E-state index in [0.29, 0.717) is 6.42 Å². The van der Waals surface area contributed by atoms with Crippen LogP contribution in [0.2, 0.25) is 0 Å². The number of carbonyl (C=O) groups is 4. The van der Waals surface area contributed by atoms with Crippen molar-refractivity contribution < 1.29 is 28.7 Å². The third-order valence-electron chi connectivity index (χ3n) is 15.2. The zero-order valence-electron chi connectivity index (χ0n) is 30.5. The molecule has 1 amide bonds. The van der Waals surface area contributed by atoms with E-state index in [1.165, 1.54) is 12.7 Å². The van der Waals surface area contributed by atoms with E-state index in [2.05, 4.69) is 59.9 Å². The lowest BCUT2D eigenvalue weighted by molar-refractivity contribution is -0.190. The third kappa shape index (κ3) is 5.28. The summed E-state index contributed by atoms with van der Waals surface area (Å²) in [7, 11) is 1.30. The van der Waals surface area contributed by atoms with Crippen LogP contribution in [0.5, 0.6) is 0 Å². The Morgan fingerprint density at radius 1 is 0.875 bits per heavy atom. The van der Waals surface area contributed by atoms with E-state index >= 15 is 0 Å². The number of hydrogen-bond donors (Lipinski definition) is 1. The molecule has 4 fully saturated rings. The average Bonchev–Trinajstić information content (AvgIpc) is 3.03. The molecule has 5 aliphatic carbocycles. The van der Waals surface area contributed by atoms with E-state index < -0.39 is 11.4 Å². The normalized spacial score (nSPS) is 41.3. The van der Waals surface area contributed by atoms with Gasteiger partial charge in [-0.25, -0.2) is 0 Å². The summed E-state index contributed by atoms with van der Waals surface area (Å²) >= 11 is 0. The molecule has 0 radical (unpaired) electrons. The van der Waals surface area contributed by atoms with Gasteiger partial charge in [0.15, 0.2) is 5.78 Å². The van der Waals surface area contributed by atoms with Gasteiger partial charge < -0.3 is 14.8 Å². The third-order valence-corrected chi connectivity index (χ3v) is 15.2. The number of amides is 1. The number of carbonyl (C=O) groups excluding carboxylic acids is 4. The summed E-state index contributed by atoms with van der Waals surface area (Å²) in [6, 6.07) is 9.79. The van der Waals surface area contributed by atoms with Crippen molar-refractivity contribution in [3.05, 3.63) is 47.5 Å². The zero-order chi connectivity index (χ0) is 34.9. The zero-order valence-corrected chi connectivity index (χ0v) is 30.5. The molecule has 0 aliphatic heterocycles. The number of rotatable bonds is 6. The standard InChI is InChI=1S/C41H57NO6/c1-36(2)30-14-17-41(7)34(39(30,5)16-15-31(36)42-32(44)23-33(45)47-8)29(43)22-27-28-24-38(4,19-18-37(28,3)20-21-40(27,41)6)35(46)48-25-26-12-10-9-11-13-26/h9-13,22,28,30-31,34H,14-21,23-25H2,1-8H3,(H,42,44)/t28-,30-,31?,34+,37+,38-,39-,40+,41+/m0/s1. The first-order valence-electron chi connectivity index (χ1n) is 18.3. The monoisotopic (exact) mass is 659 g/mol. The minimum Gasteiger partial charge on any atom is -0.469 e. The van der Waals surface area contributed by atoms with Gasteiger partial charge in [0.05, 0.1) is 12.5 Å². The van der Waals surface area contributed by atoms with Crippen molar-refractivity contribution in [2.24, 2.45) is 50.2 Å². The molecule has 0 bridgehead atoms. The summed E-state index contributed by atoms with van der Waals surface area (Å²) in [4.78, 5) is 53.0. The van der Waals surface area contributed by atoms with Crippen molar-refractivity contribution in [3.63, 3.8) is 0 Å². The first-order chi connectivity index (χ1) is 22.4. The summed E-state index contributed by atoms with van der Waals surface area (Å²) in [6.07, 6.45) is 9.95. The highest BCUT2D eigenvalue weighted by molar-refractivity contribution is 5.96. The van der Waals surface area contributed by atoms with Crippen LogP contribution >= 0.6 is 0 Å². The Bertz CT molecular complexity index is 1520. The molecule has 7 heteroatoms. The van der Waals surface area contributed by atoms with Crippen LogP contribution in [-0.2, 0) is 35.3 Å². The van der Waals surface area contributed by atoms with Gasteiger partial charge in [-0.05, 0) is 115 Å². The molecule has 6 rings (SSSR count). The summed E-state index contributed by atoms with van der Waals surface area (Å²) < 4.78 is 10.7. The number of methoxy groups -OCH3 is 1.